The Morgan fingerprint density at radius 2 is 1.97 bits per heavy atom. The fourth-order valence-electron chi connectivity index (χ4n) is 3.21. The summed E-state index contributed by atoms with van der Waals surface area (Å²) in [6.45, 7) is 4.05. The molecule has 1 saturated carbocycles. The molecule has 0 unspecified atom stereocenters. The molecule has 1 aliphatic rings. The van der Waals surface area contributed by atoms with Gasteiger partial charge in [0.15, 0.2) is 5.82 Å². The molecule has 31 heavy (non-hydrogen) atoms. The van der Waals surface area contributed by atoms with Crippen LogP contribution in [0.15, 0.2) is 41.6 Å². The first kappa shape index (κ1) is 21.0. The number of nitrogens with zero attached hydrogens (tertiary/aromatic N) is 6. The maximum absolute atomic E-state index is 11.4. The van der Waals surface area contributed by atoms with E-state index in [1.165, 1.54) is 36.0 Å². The van der Waals surface area contributed by atoms with E-state index >= 15 is 0 Å². The lowest BCUT2D eigenvalue weighted by Crippen LogP contribution is -2.27. The smallest absolute Gasteiger partial charge is 0.248 e. The van der Waals surface area contributed by atoms with Gasteiger partial charge in [-0.15, -0.1) is 5.10 Å². The second-order valence-corrected chi connectivity index (χ2v) is 9.09. The molecule has 0 amide bonds. The minimum absolute atomic E-state index is 0.0207. The Morgan fingerprint density at radius 1 is 1.23 bits per heavy atom. The highest BCUT2D eigenvalue weighted by Gasteiger charge is 2.25. The summed E-state index contributed by atoms with van der Waals surface area (Å²) in [5.74, 6) is 2.51. The van der Waals surface area contributed by atoms with Crippen LogP contribution in [-0.4, -0.2) is 46.2 Å². The highest BCUT2D eigenvalue weighted by molar-refractivity contribution is 7.89. The van der Waals surface area contributed by atoms with Crippen LogP contribution in [0.2, 0.25) is 0 Å². The molecular formula is C19H25N9O2S. The summed E-state index contributed by atoms with van der Waals surface area (Å²) in [6.07, 6.45) is 5.05. The Hall–Kier alpha value is -3.25. The van der Waals surface area contributed by atoms with Crippen molar-refractivity contribution in [1.29, 1.82) is 0 Å². The summed E-state index contributed by atoms with van der Waals surface area (Å²) in [5, 5.41) is 12.5. The minimum Gasteiger partial charge on any atom is -0.368 e. The summed E-state index contributed by atoms with van der Waals surface area (Å²) < 4.78 is 24.2. The zero-order chi connectivity index (χ0) is 22.0. The quantitative estimate of drug-likeness (QED) is 0.447. The van der Waals surface area contributed by atoms with Crippen LogP contribution in [0.3, 0.4) is 0 Å². The minimum atomic E-state index is -3.75. The number of nitrogens with one attached hydrogen (secondary N) is 1. The molecule has 0 bridgehead atoms. The fraction of sp³-hybridized carbons (Fsp3) is 0.368. The molecule has 2 heterocycles. The van der Waals surface area contributed by atoms with E-state index < -0.39 is 10.0 Å². The molecule has 5 N–H and O–H groups in total. The molecule has 11 nitrogen and oxygen atoms in total. The van der Waals surface area contributed by atoms with Gasteiger partial charge < -0.3 is 16.0 Å². The van der Waals surface area contributed by atoms with Gasteiger partial charge >= 0.3 is 0 Å². The third-order valence-electron chi connectivity index (χ3n) is 4.92. The lowest BCUT2D eigenvalue weighted by molar-refractivity contribution is 0.598. The molecule has 0 spiro atoms. The Labute approximate surface area is 180 Å². The van der Waals surface area contributed by atoms with Gasteiger partial charge in [-0.1, -0.05) is 6.92 Å². The first-order valence-electron chi connectivity index (χ1n) is 10.0. The molecular weight excluding hydrogens is 418 g/mol. The summed E-state index contributed by atoms with van der Waals surface area (Å²) in [4.78, 5) is 15.2. The number of sulfonamides is 1. The van der Waals surface area contributed by atoms with Crippen molar-refractivity contribution in [2.75, 3.05) is 29.0 Å². The SMILES string of the molecule is CCCN(CC1CC1)c1cc(-n2nc(Nc3ccc(S(N)(=O)=O)cc3)nc2N)ncn1. The van der Waals surface area contributed by atoms with E-state index in [4.69, 9.17) is 10.9 Å². The molecule has 0 aliphatic heterocycles. The Kier molecular flexibility index (Phi) is 5.74. The third kappa shape index (κ3) is 5.09. The van der Waals surface area contributed by atoms with Crippen molar-refractivity contribution in [1.82, 2.24) is 24.7 Å². The standard InChI is InChI=1S/C19H25N9O2S/c1-2-9-27(11-13-3-4-13)16-10-17(23-12-22-16)28-18(20)25-19(26-28)24-14-5-7-15(8-6-14)31(21,29)30/h5-8,10,12-13H,2-4,9,11H2,1H3,(H2,21,29,30)(H3,20,24,25,26). The van der Waals surface area contributed by atoms with Gasteiger partial charge in [-0.05, 0) is 49.4 Å². The molecule has 0 radical (unpaired) electrons. The zero-order valence-corrected chi connectivity index (χ0v) is 18.0. The van der Waals surface area contributed by atoms with Crippen molar-refractivity contribution < 1.29 is 8.42 Å². The van der Waals surface area contributed by atoms with E-state index in [9.17, 15) is 8.42 Å². The molecule has 12 heteroatoms. The molecule has 1 aromatic carbocycles. The number of primary sulfonamides is 1. The highest BCUT2D eigenvalue weighted by atomic mass is 32.2. The van der Waals surface area contributed by atoms with Crippen LogP contribution in [0.4, 0.5) is 23.4 Å². The van der Waals surface area contributed by atoms with Crippen LogP contribution in [-0.2, 0) is 10.0 Å². The van der Waals surface area contributed by atoms with Crippen molar-refractivity contribution in [2.24, 2.45) is 11.1 Å². The number of hydrogen-bond acceptors (Lipinski definition) is 9. The zero-order valence-electron chi connectivity index (χ0n) is 17.1. The second-order valence-electron chi connectivity index (χ2n) is 7.52. The van der Waals surface area contributed by atoms with Gasteiger partial charge in [-0.2, -0.15) is 9.67 Å². The predicted molar refractivity (Wildman–Crippen MR) is 118 cm³/mol. The van der Waals surface area contributed by atoms with Crippen molar-refractivity contribution >= 4 is 33.4 Å². The molecule has 0 atom stereocenters. The number of hydrogen-bond donors (Lipinski definition) is 3. The van der Waals surface area contributed by atoms with E-state index in [2.05, 4.69) is 37.2 Å². The van der Waals surface area contributed by atoms with E-state index in [-0.39, 0.29) is 16.8 Å². The van der Waals surface area contributed by atoms with Gasteiger partial charge in [-0.3, -0.25) is 0 Å². The monoisotopic (exact) mass is 443 g/mol. The second kappa shape index (κ2) is 8.47. The topological polar surface area (TPSA) is 158 Å². The van der Waals surface area contributed by atoms with Crippen LogP contribution < -0.4 is 21.1 Å². The largest absolute Gasteiger partial charge is 0.368 e. The Morgan fingerprint density at radius 3 is 2.61 bits per heavy atom. The van der Waals surface area contributed by atoms with Crippen LogP contribution in [0.1, 0.15) is 26.2 Å². The van der Waals surface area contributed by atoms with Crippen molar-refractivity contribution in [3.05, 3.63) is 36.7 Å². The molecule has 2 aromatic heterocycles. The van der Waals surface area contributed by atoms with Crippen LogP contribution in [0.5, 0.6) is 0 Å². The number of benzene rings is 1. The van der Waals surface area contributed by atoms with E-state index in [1.54, 1.807) is 12.1 Å². The summed E-state index contributed by atoms with van der Waals surface area (Å²) in [6, 6.07) is 7.79. The van der Waals surface area contributed by atoms with Gasteiger partial charge in [0.05, 0.1) is 4.90 Å². The fourth-order valence-corrected chi connectivity index (χ4v) is 3.73. The number of rotatable bonds is 9. The van der Waals surface area contributed by atoms with Crippen molar-refractivity contribution in [3.63, 3.8) is 0 Å². The maximum Gasteiger partial charge on any atom is 0.248 e. The lowest BCUT2D eigenvalue weighted by atomic mass is 10.3. The van der Waals surface area contributed by atoms with Gasteiger partial charge in [0.1, 0.15) is 12.1 Å². The molecule has 1 fully saturated rings. The number of nitrogen functional groups attached to an aromatic ring is 1. The highest BCUT2D eigenvalue weighted by Crippen LogP contribution is 2.31. The predicted octanol–water partition coefficient (Wildman–Crippen LogP) is 1.66. The van der Waals surface area contributed by atoms with Crippen LogP contribution >= 0.6 is 0 Å². The molecule has 164 valence electrons. The third-order valence-corrected chi connectivity index (χ3v) is 5.85. The van der Waals surface area contributed by atoms with Crippen molar-refractivity contribution in [2.45, 2.75) is 31.1 Å². The van der Waals surface area contributed by atoms with Crippen LogP contribution in [0, 0.1) is 5.92 Å². The van der Waals surface area contributed by atoms with E-state index in [0.717, 1.165) is 31.2 Å². The maximum atomic E-state index is 11.4. The summed E-state index contributed by atoms with van der Waals surface area (Å²) in [5.41, 5.74) is 6.65. The van der Waals surface area contributed by atoms with Gasteiger partial charge in [0.2, 0.25) is 21.9 Å². The lowest BCUT2D eigenvalue weighted by Gasteiger charge is -2.23. The number of aromatic nitrogens is 5. The first-order chi connectivity index (χ1) is 14.8. The average Bonchev–Trinajstić information content (AvgIpc) is 3.48. The molecule has 3 aromatic rings. The van der Waals surface area contributed by atoms with Crippen molar-refractivity contribution in [3.8, 4) is 5.82 Å². The molecule has 0 saturated heterocycles. The Bertz CT molecular complexity index is 1160. The average molecular weight is 444 g/mol. The van der Waals surface area contributed by atoms with Gasteiger partial charge in [0.25, 0.3) is 0 Å². The van der Waals surface area contributed by atoms with E-state index in [0.29, 0.717) is 11.5 Å². The van der Waals surface area contributed by atoms with Gasteiger partial charge in [0, 0.05) is 24.8 Å². The van der Waals surface area contributed by atoms with E-state index in [1.807, 2.05) is 6.07 Å². The number of nitrogens with two attached hydrogens (primary N) is 2. The first-order valence-corrected chi connectivity index (χ1v) is 11.6. The molecule has 1 aliphatic carbocycles. The van der Waals surface area contributed by atoms with Gasteiger partial charge in [-0.25, -0.2) is 23.5 Å². The summed E-state index contributed by atoms with van der Waals surface area (Å²) >= 11 is 0. The Balaban J connectivity index is 1.54. The van der Waals surface area contributed by atoms with Crippen LogP contribution in [0.25, 0.3) is 5.82 Å². The summed E-state index contributed by atoms with van der Waals surface area (Å²) in [7, 11) is -3.75. The normalized spacial score (nSPS) is 13.9. The number of anilines is 4. The molecule has 4 rings (SSSR count).